The van der Waals surface area contributed by atoms with Crippen LogP contribution < -0.4 is 5.32 Å². The van der Waals surface area contributed by atoms with Gasteiger partial charge in [0.15, 0.2) is 12.2 Å². The van der Waals surface area contributed by atoms with Crippen molar-refractivity contribution in [3.8, 4) is 11.3 Å². The maximum absolute atomic E-state index is 12.7. The first-order valence-corrected chi connectivity index (χ1v) is 9.65. The number of hydrogen-bond acceptors (Lipinski definition) is 7. The van der Waals surface area contributed by atoms with E-state index in [4.69, 9.17) is 8.94 Å². The molecule has 0 bridgehead atoms. The third-order valence-electron chi connectivity index (χ3n) is 5.04. The summed E-state index contributed by atoms with van der Waals surface area (Å²) in [4.78, 5) is 30.7. The predicted molar refractivity (Wildman–Crippen MR) is 105 cm³/mol. The van der Waals surface area contributed by atoms with Crippen molar-refractivity contribution in [2.75, 3.05) is 6.54 Å². The summed E-state index contributed by atoms with van der Waals surface area (Å²) in [6.07, 6.45) is 2.48. The smallest absolute Gasteiger partial charge is 0.243 e. The number of nitrogens with one attached hydrogen (secondary N) is 1. The van der Waals surface area contributed by atoms with Crippen LogP contribution in [0.2, 0.25) is 0 Å². The lowest BCUT2D eigenvalue weighted by atomic mass is 10.1. The number of carbonyl (C=O) groups excluding carboxylic acids is 2. The van der Waals surface area contributed by atoms with E-state index in [2.05, 4.69) is 15.5 Å². The summed E-state index contributed by atoms with van der Waals surface area (Å²) in [6, 6.07) is 8.51. The van der Waals surface area contributed by atoms with E-state index in [1.807, 2.05) is 24.3 Å². The minimum Gasteiger partial charge on any atom is -0.444 e. The van der Waals surface area contributed by atoms with Crippen LogP contribution >= 0.6 is 0 Å². The number of benzene rings is 1. The lowest BCUT2D eigenvalue weighted by Gasteiger charge is -2.23. The highest BCUT2D eigenvalue weighted by Gasteiger charge is 2.38. The molecule has 9 heteroatoms. The first-order chi connectivity index (χ1) is 14.5. The van der Waals surface area contributed by atoms with Crippen molar-refractivity contribution in [3.63, 3.8) is 0 Å². The fourth-order valence-electron chi connectivity index (χ4n) is 3.54. The molecule has 1 aromatic carbocycles. The van der Waals surface area contributed by atoms with E-state index in [1.54, 1.807) is 19.2 Å². The molecule has 0 unspecified atom stereocenters. The summed E-state index contributed by atoms with van der Waals surface area (Å²) in [6.45, 7) is 2.20. The van der Waals surface area contributed by atoms with Gasteiger partial charge in [0, 0.05) is 31.1 Å². The summed E-state index contributed by atoms with van der Waals surface area (Å²) in [7, 11) is 0. The molecule has 1 aliphatic heterocycles. The van der Waals surface area contributed by atoms with E-state index < -0.39 is 12.1 Å². The minimum absolute atomic E-state index is 0.000435. The van der Waals surface area contributed by atoms with E-state index in [9.17, 15) is 14.7 Å². The van der Waals surface area contributed by atoms with Crippen LogP contribution in [-0.4, -0.2) is 50.7 Å². The molecular weight excluding hydrogens is 388 g/mol. The summed E-state index contributed by atoms with van der Waals surface area (Å²) >= 11 is 0. The van der Waals surface area contributed by atoms with Crippen LogP contribution in [0, 0.1) is 6.92 Å². The number of aromatic nitrogens is 2. The van der Waals surface area contributed by atoms with E-state index in [0.29, 0.717) is 23.8 Å². The number of β-amino-alcohol motifs (C(OH)–C–C–N with tert-alkyl or cyclic N) is 1. The monoisotopic (exact) mass is 410 g/mol. The average molecular weight is 410 g/mol. The quantitative estimate of drug-likeness (QED) is 0.631. The van der Waals surface area contributed by atoms with Gasteiger partial charge in [-0.25, -0.2) is 4.98 Å². The van der Waals surface area contributed by atoms with Crippen molar-refractivity contribution in [2.24, 2.45) is 0 Å². The average Bonchev–Trinajstić information content (AvgIpc) is 3.48. The Hall–Kier alpha value is -3.46. The Kier molecular flexibility index (Phi) is 5.62. The van der Waals surface area contributed by atoms with Gasteiger partial charge in [-0.3, -0.25) is 9.59 Å². The SMILES string of the molecule is Cc1cc(CC(=O)N2C[C@H](O)C[C@H]2C(=O)NCc2ccc(-c3cnco3)cc2)on1. The topological polar surface area (TPSA) is 122 Å². The Bertz CT molecular complexity index is 1010. The molecule has 2 amide bonds. The van der Waals surface area contributed by atoms with Crippen LogP contribution in [0.5, 0.6) is 0 Å². The van der Waals surface area contributed by atoms with Crippen LogP contribution in [0.3, 0.4) is 0 Å². The molecule has 4 rings (SSSR count). The van der Waals surface area contributed by atoms with Crippen LogP contribution in [0.25, 0.3) is 11.3 Å². The number of aryl methyl sites for hydroxylation is 1. The Labute approximate surface area is 172 Å². The van der Waals surface area contributed by atoms with Gasteiger partial charge in [0.05, 0.1) is 24.4 Å². The van der Waals surface area contributed by atoms with Crippen LogP contribution in [0.1, 0.15) is 23.4 Å². The molecule has 156 valence electrons. The zero-order chi connectivity index (χ0) is 21.1. The van der Waals surface area contributed by atoms with E-state index in [1.165, 1.54) is 11.3 Å². The van der Waals surface area contributed by atoms with E-state index in [0.717, 1.165) is 11.1 Å². The van der Waals surface area contributed by atoms with Gasteiger partial charge in [-0.2, -0.15) is 0 Å². The highest BCUT2D eigenvalue weighted by molar-refractivity contribution is 5.89. The number of amides is 2. The molecule has 0 spiro atoms. The fraction of sp³-hybridized carbons (Fsp3) is 0.333. The van der Waals surface area contributed by atoms with Gasteiger partial charge in [0.1, 0.15) is 11.8 Å². The molecule has 30 heavy (non-hydrogen) atoms. The van der Waals surface area contributed by atoms with Crippen LogP contribution in [0.4, 0.5) is 0 Å². The second kappa shape index (κ2) is 8.50. The Morgan fingerprint density at radius 2 is 2.10 bits per heavy atom. The number of likely N-dealkylation sites (tertiary alicyclic amines) is 1. The van der Waals surface area contributed by atoms with E-state index >= 15 is 0 Å². The normalized spacial score (nSPS) is 18.5. The number of rotatable bonds is 6. The van der Waals surface area contributed by atoms with Gasteiger partial charge in [0.2, 0.25) is 11.8 Å². The number of oxazole rings is 1. The molecule has 1 saturated heterocycles. The summed E-state index contributed by atoms with van der Waals surface area (Å²) in [5.41, 5.74) is 2.48. The molecular formula is C21H22N4O5. The summed E-state index contributed by atoms with van der Waals surface area (Å²) < 4.78 is 10.3. The van der Waals surface area contributed by atoms with Crippen LogP contribution in [0.15, 0.2) is 51.9 Å². The maximum atomic E-state index is 12.7. The highest BCUT2D eigenvalue weighted by atomic mass is 16.5. The molecule has 2 atom stereocenters. The van der Waals surface area contributed by atoms with Crippen molar-refractivity contribution in [3.05, 3.63) is 59.9 Å². The molecule has 9 nitrogen and oxygen atoms in total. The van der Waals surface area contributed by atoms with Crippen molar-refractivity contribution in [1.29, 1.82) is 0 Å². The highest BCUT2D eigenvalue weighted by Crippen LogP contribution is 2.21. The van der Waals surface area contributed by atoms with Gasteiger partial charge in [-0.1, -0.05) is 29.4 Å². The van der Waals surface area contributed by atoms with Crippen molar-refractivity contribution in [2.45, 2.75) is 38.5 Å². The molecule has 1 fully saturated rings. The predicted octanol–water partition coefficient (Wildman–Crippen LogP) is 1.46. The van der Waals surface area contributed by atoms with Gasteiger partial charge in [-0.05, 0) is 12.5 Å². The Morgan fingerprint density at radius 1 is 1.30 bits per heavy atom. The number of hydrogen-bond donors (Lipinski definition) is 2. The molecule has 0 aliphatic carbocycles. The zero-order valence-electron chi connectivity index (χ0n) is 16.4. The molecule has 2 N–H and O–H groups in total. The molecule has 3 aromatic rings. The number of aliphatic hydroxyl groups excluding tert-OH is 1. The molecule has 3 heterocycles. The van der Waals surface area contributed by atoms with Crippen molar-refractivity contribution < 1.29 is 23.6 Å². The Morgan fingerprint density at radius 3 is 2.77 bits per heavy atom. The zero-order valence-corrected chi connectivity index (χ0v) is 16.4. The summed E-state index contributed by atoms with van der Waals surface area (Å²) in [5, 5.41) is 16.6. The van der Waals surface area contributed by atoms with Gasteiger partial charge in [0.25, 0.3) is 0 Å². The number of carbonyl (C=O) groups is 2. The van der Waals surface area contributed by atoms with Crippen LogP contribution in [-0.2, 0) is 22.6 Å². The number of aliphatic hydroxyl groups is 1. The molecule has 0 radical (unpaired) electrons. The van der Waals surface area contributed by atoms with Gasteiger partial charge < -0.3 is 24.3 Å². The molecule has 1 aliphatic rings. The van der Waals surface area contributed by atoms with E-state index in [-0.39, 0.29) is 31.2 Å². The summed E-state index contributed by atoms with van der Waals surface area (Å²) in [5.74, 6) is 0.527. The third kappa shape index (κ3) is 4.41. The Balaban J connectivity index is 1.36. The fourth-order valence-corrected chi connectivity index (χ4v) is 3.54. The van der Waals surface area contributed by atoms with Gasteiger partial charge in [-0.15, -0.1) is 0 Å². The molecule has 0 saturated carbocycles. The van der Waals surface area contributed by atoms with Crippen molar-refractivity contribution in [1.82, 2.24) is 20.4 Å². The lowest BCUT2D eigenvalue weighted by molar-refractivity contribution is -0.138. The standard InChI is InChI=1S/C21H22N4O5/c1-13-6-17(30-24-13)8-20(27)25-11-16(26)7-18(25)21(28)23-9-14-2-4-15(5-3-14)19-10-22-12-29-19/h2-6,10,12,16,18,26H,7-9,11H2,1H3,(H,23,28)/t16-,18+/m1/s1. The first-order valence-electron chi connectivity index (χ1n) is 9.65. The first kappa shape index (κ1) is 19.8. The second-order valence-electron chi connectivity index (χ2n) is 7.34. The third-order valence-corrected chi connectivity index (χ3v) is 5.04. The lowest BCUT2D eigenvalue weighted by Crippen LogP contribution is -2.46. The largest absolute Gasteiger partial charge is 0.444 e. The van der Waals surface area contributed by atoms with Gasteiger partial charge >= 0.3 is 0 Å². The second-order valence-corrected chi connectivity index (χ2v) is 7.34. The molecule has 2 aromatic heterocycles. The maximum Gasteiger partial charge on any atom is 0.243 e. The van der Waals surface area contributed by atoms with Crippen molar-refractivity contribution >= 4 is 11.8 Å². The number of nitrogens with zero attached hydrogens (tertiary/aromatic N) is 3. The minimum atomic E-state index is -0.734.